The number of rotatable bonds is 7. The zero-order valence-corrected chi connectivity index (χ0v) is 17.6. The Bertz CT molecular complexity index is 757. The van der Waals surface area contributed by atoms with E-state index in [2.05, 4.69) is 31.2 Å². The summed E-state index contributed by atoms with van der Waals surface area (Å²) in [4.78, 5) is 6.49. The average molecular weight is 413 g/mol. The first-order valence-corrected chi connectivity index (χ1v) is 11.6. The van der Waals surface area contributed by atoms with Crippen LogP contribution < -0.4 is 10.0 Å². The lowest BCUT2D eigenvalue weighted by Crippen LogP contribution is -2.43. The minimum absolute atomic E-state index is 0.00161. The van der Waals surface area contributed by atoms with Crippen molar-refractivity contribution in [1.82, 2.24) is 24.7 Å². The summed E-state index contributed by atoms with van der Waals surface area (Å²) in [5.41, 5.74) is 1.23. The Morgan fingerprint density at radius 3 is 2.93 bits per heavy atom. The fraction of sp³-hybridized carbons (Fsp3) is 0.778. The maximum absolute atomic E-state index is 12.2. The zero-order chi connectivity index (χ0) is 20.0. The van der Waals surface area contributed by atoms with Crippen LogP contribution >= 0.6 is 0 Å². The Hall–Kier alpha value is -1.65. The Labute approximate surface area is 167 Å². The van der Waals surface area contributed by atoms with Crippen molar-refractivity contribution in [1.29, 1.82) is 0 Å². The Morgan fingerprint density at radius 1 is 1.39 bits per heavy atom. The van der Waals surface area contributed by atoms with E-state index in [0.29, 0.717) is 19.0 Å². The number of aryl methyl sites for hydroxylation is 1. The molecule has 2 aliphatic heterocycles. The second-order valence-corrected chi connectivity index (χ2v) is 9.44. The standard InChI is InChI=1S/C18H32N6O3S/c1-19-18(24-8-6-15(14-24)16-11-21-23(2)13-16)20-7-10-28(25,26)22-12-17-5-3-4-9-27-17/h11,13,15,17,22H,3-10,12,14H2,1-2H3,(H,19,20). The molecule has 2 N–H and O–H groups in total. The number of nitrogens with zero attached hydrogens (tertiary/aromatic N) is 4. The van der Waals surface area contributed by atoms with Crippen LogP contribution in [0.4, 0.5) is 0 Å². The van der Waals surface area contributed by atoms with Crippen molar-refractivity contribution in [3.8, 4) is 0 Å². The summed E-state index contributed by atoms with van der Waals surface area (Å²) in [5.74, 6) is 1.18. The zero-order valence-electron chi connectivity index (χ0n) is 16.8. The molecule has 158 valence electrons. The fourth-order valence-electron chi connectivity index (χ4n) is 3.77. The minimum atomic E-state index is -3.34. The molecule has 9 nitrogen and oxygen atoms in total. The highest BCUT2D eigenvalue weighted by molar-refractivity contribution is 7.89. The van der Waals surface area contributed by atoms with Crippen LogP contribution in [-0.4, -0.2) is 80.7 Å². The van der Waals surface area contributed by atoms with Gasteiger partial charge in [0.25, 0.3) is 0 Å². The highest BCUT2D eigenvalue weighted by atomic mass is 32.2. The number of hydrogen-bond donors (Lipinski definition) is 2. The minimum Gasteiger partial charge on any atom is -0.377 e. The molecule has 0 saturated carbocycles. The number of aliphatic imine (C=N–C) groups is 1. The van der Waals surface area contributed by atoms with Gasteiger partial charge in [-0.25, -0.2) is 13.1 Å². The molecule has 0 aromatic carbocycles. The molecule has 0 bridgehead atoms. The lowest BCUT2D eigenvalue weighted by molar-refractivity contribution is 0.0200. The Balaban J connectivity index is 1.41. The summed E-state index contributed by atoms with van der Waals surface area (Å²) < 4.78 is 34.5. The topological polar surface area (TPSA) is 101 Å². The second-order valence-electron chi connectivity index (χ2n) is 7.51. The van der Waals surface area contributed by atoms with Crippen molar-refractivity contribution in [3.05, 3.63) is 18.0 Å². The van der Waals surface area contributed by atoms with Crippen molar-refractivity contribution in [2.45, 2.75) is 37.7 Å². The molecule has 28 heavy (non-hydrogen) atoms. The van der Waals surface area contributed by atoms with Gasteiger partial charge in [-0.05, 0) is 31.2 Å². The monoisotopic (exact) mass is 412 g/mol. The van der Waals surface area contributed by atoms with Crippen molar-refractivity contribution in [3.63, 3.8) is 0 Å². The van der Waals surface area contributed by atoms with E-state index in [1.807, 2.05) is 17.9 Å². The van der Waals surface area contributed by atoms with Gasteiger partial charge in [0.05, 0.1) is 18.1 Å². The molecule has 2 fully saturated rings. The van der Waals surface area contributed by atoms with Crippen LogP contribution in [0.15, 0.2) is 17.4 Å². The van der Waals surface area contributed by atoms with Gasteiger partial charge in [0.2, 0.25) is 10.0 Å². The van der Waals surface area contributed by atoms with Crippen LogP contribution in [0, 0.1) is 0 Å². The summed E-state index contributed by atoms with van der Waals surface area (Å²) in [6.45, 7) is 3.15. The fourth-order valence-corrected chi connectivity index (χ4v) is 4.72. The first-order valence-electron chi connectivity index (χ1n) is 10.00. The quantitative estimate of drug-likeness (QED) is 0.493. The molecule has 10 heteroatoms. The van der Waals surface area contributed by atoms with Gasteiger partial charge in [0.1, 0.15) is 0 Å². The summed E-state index contributed by atoms with van der Waals surface area (Å²) >= 11 is 0. The third-order valence-corrected chi connectivity index (χ3v) is 6.70. The van der Waals surface area contributed by atoms with E-state index >= 15 is 0 Å². The Kier molecular flexibility index (Phi) is 7.30. The van der Waals surface area contributed by atoms with Crippen LogP contribution in [-0.2, 0) is 21.8 Å². The number of sulfonamides is 1. The van der Waals surface area contributed by atoms with Crippen LogP contribution in [0.25, 0.3) is 0 Å². The van der Waals surface area contributed by atoms with Crippen molar-refractivity contribution < 1.29 is 13.2 Å². The van der Waals surface area contributed by atoms with Crippen LogP contribution in [0.3, 0.4) is 0 Å². The van der Waals surface area contributed by atoms with Crippen molar-refractivity contribution in [2.75, 3.05) is 45.6 Å². The first kappa shape index (κ1) is 21.1. The highest BCUT2D eigenvalue weighted by Gasteiger charge is 2.27. The van der Waals surface area contributed by atoms with Crippen LogP contribution in [0.2, 0.25) is 0 Å². The van der Waals surface area contributed by atoms with Crippen LogP contribution in [0.5, 0.6) is 0 Å². The van der Waals surface area contributed by atoms with Gasteiger partial charge in [-0.15, -0.1) is 0 Å². The molecular formula is C18H32N6O3S. The largest absolute Gasteiger partial charge is 0.377 e. The van der Waals surface area contributed by atoms with Gasteiger partial charge in [0, 0.05) is 59.0 Å². The van der Waals surface area contributed by atoms with E-state index in [0.717, 1.165) is 51.3 Å². The predicted molar refractivity (Wildman–Crippen MR) is 109 cm³/mol. The third-order valence-electron chi connectivity index (χ3n) is 5.35. The smallest absolute Gasteiger partial charge is 0.213 e. The van der Waals surface area contributed by atoms with Crippen molar-refractivity contribution in [2.24, 2.45) is 12.0 Å². The summed E-state index contributed by atoms with van der Waals surface area (Å²) in [6.07, 6.45) is 8.08. The molecule has 0 aliphatic carbocycles. The van der Waals surface area contributed by atoms with Crippen LogP contribution in [0.1, 0.15) is 37.2 Å². The molecule has 2 atom stereocenters. The molecule has 1 aromatic heterocycles. The third kappa shape index (κ3) is 5.92. The molecule has 0 amide bonds. The molecule has 2 unspecified atom stereocenters. The number of guanidine groups is 1. The molecule has 1 aromatic rings. The molecular weight excluding hydrogens is 380 g/mol. The summed E-state index contributed by atoms with van der Waals surface area (Å²) in [7, 11) is 0.315. The molecule has 0 spiro atoms. The average Bonchev–Trinajstić information content (AvgIpc) is 3.34. The van der Waals surface area contributed by atoms with E-state index in [1.165, 1.54) is 5.56 Å². The van der Waals surface area contributed by atoms with Gasteiger partial charge in [-0.1, -0.05) is 0 Å². The van der Waals surface area contributed by atoms with E-state index in [9.17, 15) is 8.42 Å². The molecule has 2 saturated heterocycles. The normalized spacial score (nSPS) is 23.9. The molecule has 3 heterocycles. The number of aromatic nitrogens is 2. The highest BCUT2D eigenvalue weighted by Crippen LogP contribution is 2.26. The SMILES string of the molecule is CN=C(NCCS(=O)(=O)NCC1CCCCO1)N1CCC(c2cnn(C)c2)C1. The molecule has 2 aliphatic rings. The first-order chi connectivity index (χ1) is 13.5. The van der Waals surface area contributed by atoms with E-state index in [-0.39, 0.29) is 11.9 Å². The van der Waals surface area contributed by atoms with Gasteiger partial charge in [-0.3, -0.25) is 9.67 Å². The van der Waals surface area contributed by atoms with E-state index < -0.39 is 10.0 Å². The van der Waals surface area contributed by atoms with Crippen molar-refractivity contribution >= 4 is 16.0 Å². The predicted octanol–water partition coefficient (Wildman–Crippen LogP) is 0.273. The summed E-state index contributed by atoms with van der Waals surface area (Å²) in [6, 6.07) is 0. The number of nitrogens with one attached hydrogen (secondary N) is 2. The molecule has 0 radical (unpaired) electrons. The Morgan fingerprint density at radius 2 is 2.25 bits per heavy atom. The van der Waals surface area contributed by atoms with E-state index in [4.69, 9.17) is 4.74 Å². The lowest BCUT2D eigenvalue weighted by Gasteiger charge is -2.23. The second kappa shape index (κ2) is 9.71. The number of hydrogen-bond acceptors (Lipinski definition) is 5. The number of ether oxygens (including phenoxy) is 1. The van der Waals surface area contributed by atoms with Gasteiger partial charge < -0.3 is 15.0 Å². The van der Waals surface area contributed by atoms with E-state index in [1.54, 1.807) is 7.05 Å². The van der Waals surface area contributed by atoms with Gasteiger partial charge in [0.15, 0.2) is 5.96 Å². The van der Waals surface area contributed by atoms with Gasteiger partial charge >= 0.3 is 0 Å². The number of likely N-dealkylation sites (tertiary alicyclic amines) is 1. The maximum atomic E-state index is 12.2. The lowest BCUT2D eigenvalue weighted by atomic mass is 10.0. The van der Waals surface area contributed by atoms with Gasteiger partial charge in [-0.2, -0.15) is 5.10 Å². The maximum Gasteiger partial charge on any atom is 0.213 e. The molecule has 3 rings (SSSR count). The summed E-state index contributed by atoms with van der Waals surface area (Å²) in [5, 5.41) is 7.44.